The number of ether oxygens (including phenoxy) is 1. The number of rotatable bonds is 7. The molecule has 1 aromatic rings. The van der Waals surface area contributed by atoms with E-state index in [1.165, 1.54) is 24.2 Å². The fraction of sp³-hybridized carbons (Fsp3) is 0.692. The first-order valence-corrected chi connectivity index (χ1v) is 9.29. The van der Waals surface area contributed by atoms with Gasteiger partial charge in [0.2, 0.25) is 10.0 Å². The van der Waals surface area contributed by atoms with Crippen molar-refractivity contribution in [2.24, 2.45) is 0 Å². The maximum atomic E-state index is 12.2. The van der Waals surface area contributed by atoms with E-state index in [-0.39, 0.29) is 12.1 Å². The smallest absolute Gasteiger partial charge is 0.241 e. The predicted molar refractivity (Wildman–Crippen MR) is 78.3 cm³/mol. The summed E-state index contributed by atoms with van der Waals surface area (Å²) in [5.74, 6) is 0. The van der Waals surface area contributed by atoms with Crippen LogP contribution in [0.25, 0.3) is 0 Å². The van der Waals surface area contributed by atoms with Gasteiger partial charge in [-0.25, -0.2) is 13.1 Å². The van der Waals surface area contributed by atoms with E-state index in [9.17, 15) is 8.42 Å². The van der Waals surface area contributed by atoms with Gasteiger partial charge in [-0.05, 0) is 31.7 Å². The molecule has 0 unspecified atom stereocenters. The molecule has 2 saturated carbocycles. The molecule has 0 radical (unpaired) electrons. The highest BCUT2D eigenvalue weighted by Gasteiger charge is 2.33. The molecule has 2 aliphatic rings. The van der Waals surface area contributed by atoms with Gasteiger partial charge in [0.15, 0.2) is 0 Å². The van der Waals surface area contributed by atoms with Crippen LogP contribution in [-0.4, -0.2) is 33.7 Å². The minimum atomic E-state index is -3.38. The number of hydrogen-bond donors (Lipinski definition) is 2. The molecule has 0 amide bonds. The van der Waals surface area contributed by atoms with Crippen molar-refractivity contribution in [3.05, 3.63) is 16.3 Å². The maximum Gasteiger partial charge on any atom is 0.241 e. The molecule has 2 aliphatic carbocycles. The third kappa shape index (κ3) is 3.40. The fourth-order valence-electron chi connectivity index (χ4n) is 2.27. The molecule has 0 atom stereocenters. The molecular weight excluding hydrogens is 296 g/mol. The van der Waals surface area contributed by atoms with E-state index in [1.807, 2.05) is 0 Å². The molecule has 0 bridgehead atoms. The van der Waals surface area contributed by atoms with E-state index < -0.39 is 10.0 Å². The van der Waals surface area contributed by atoms with Crippen molar-refractivity contribution in [1.29, 1.82) is 0 Å². The summed E-state index contributed by atoms with van der Waals surface area (Å²) in [6.45, 7) is 0.764. The molecule has 0 aliphatic heterocycles. The second-order valence-corrected chi connectivity index (χ2v) is 8.26. The number of thiophene rings is 1. The molecule has 20 heavy (non-hydrogen) atoms. The zero-order chi connectivity index (χ0) is 14.2. The first-order chi connectivity index (χ1) is 9.56. The molecule has 0 aromatic carbocycles. The Balaban J connectivity index is 1.56. The molecule has 1 heterocycles. The quantitative estimate of drug-likeness (QED) is 0.799. The van der Waals surface area contributed by atoms with E-state index in [4.69, 9.17) is 4.74 Å². The van der Waals surface area contributed by atoms with Gasteiger partial charge in [0.25, 0.3) is 0 Å². The third-order valence-corrected chi connectivity index (χ3v) is 6.42. The van der Waals surface area contributed by atoms with Crippen molar-refractivity contribution in [2.45, 2.75) is 55.3 Å². The SMILES string of the molecule is COC1CC(NS(=O)(=O)c2csc(CNC3CC3)c2)C1. The van der Waals surface area contributed by atoms with Gasteiger partial charge < -0.3 is 10.1 Å². The lowest BCUT2D eigenvalue weighted by atomic mass is 9.90. The Bertz CT molecular complexity index is 560. The van der Waals surface area contributed by atoms with Crippen LogP contribution in [0.3, 0.4) is 0 Å². The highest BCUT2D eigenvalue weighted by molar-refractivity contribution is 7.89. The van der Waals surface area contributed by atoms with Gasteiger partial charge in [-0.2, -0.15) is 0 Å². The second kappa shape index (κ2) is 5.73. The number of sulfonamides is 1. The van der Waals surface area contributed by atoms with Crippen LogP contribution >= 0.6 is 11.3 Å². The third-order valence-electron chi connectivity index (χ3n) is 3.83. The summed E-state index contributed by atoms with van der Waals surface area (Å²) < 4.78 is 32.4. The summed E-state index contributed by atoms with van der Waals surface area (Å²) in [5.41, 5.74) is 0. The summed E-state index contributed by atoms with van der Waals surface area (Å²) in [6.07, 6.45) is 4.19. The molecule has 0 saturated heterocycles. The maximum absolute atomic E-state index is 12.2. The molecule has 1 aromatic heterocycles. The number of nitrogens with one attached hydrogen (secondary N) is 2. The van der Waals surface area contributed by atoms with E-state index in [2.05, 4.69) is 10.0 Å². The van der Waals surface area contributed by atoms with Gasteiger partial charge in [-0.3, -0.25) is 0 Å². The topological polar surface area (TPSA) is 67.4 Å². The van der Waals surface area contributed by atoms with Gasteiger partial charge in [0, 0.05) is 36.0 Å². The van der Waals surface area contributed by atoms with Crippen LogP contribution in [0.4, 0.5) is 0 Å². The Kier molecular flexibility index (Phi) is 4.14. The van der Waals surface area contributed by atoms with E-state index >= 15 is 0 Å². The first kappa shape index (κ1) is 14.5. The van der Waals surface area contributed by atoms with E-state index in [0.717, 1.165) is 24.3 Å². The average molecular weight is 316 g/mol. The van der Waals surface area contributed by atoms with Crippen LogP contribution in [0.15, 0.2) is 16.3 Å². The Morgan fingerprint density at radius 3 is 2.75 bits per heavy atom. The van der Waals surface area contributed by atoms with Gasteiger partial charge in [-0.1, -0.05) is 0 Å². The van der Waals surface area contributed by atoms with Crippen molar-refractivity contribution >= 4 is 21.4 Å². The summed E-state index contributed by atoms with van der Waals surface area (Å²) >= 11 is 1.50. The van der Waals surface area contributed by atoms with E-state index in [1.54, 1.807) is 18.6 Å². The number of methoxy groups -OCH3 is 1. The van der Waals surface area contributed by atoms with Crippen LogP contribution in [-0.2, 0) is 21.3 Å². The van der Waals surface area contributed by atoms with Crippen molar-refractivity contribution in [3.8, 4) is 0 Å². The second-order valence-electron chi connectivity index (χ2n) is 5.55. The summed E-state index contributed by atoms with van der Waals surface area (Å²) in [6, 6.07) is 2.42. The van der Waals surface area contributed by atoms with Crippen molar-refractivity contribution in [1.82, 2.24) is 10.0 Å². The van der Waals surface area contributed by atoms with Crippen molar-refractivity contribution in [2.75, 3.05) is 7.11 Å². The Labute approximate surface area is 123 Å². The first-order valence-electron chi connectivity index (χ1n) is 6.93. The highest BCUT2D eigenvalue weighted by atomic mass is 32.2. The van der Waals surface area contributed by atoms with Gasteiger partial charge in [0.05, 0.1) is 11.0 Å². The van der Waals surface area contributed by atoms with Crippen molar-refractivity contribution in [3.63, 3.8) is 0 Å². The molecule has 0 spiro atoms. The highest BCUT2D eigenvalue weighted by Crippen LogP contribution is 2.26. The molecular formula is C13H20N2O3S2. The lowest BCUT2D eigenvalue weighted by Crippen LogP contribution is -2.47. The minimum absolute atomic E-state index is 0.0119. The zero-order valence-electron chi connectivity index (χ0n) is 11.5. The molecule has 3 rings (SSSR count). The van der Waals surface area contributed by atoms with Crippen LogP contribution in [0.1, 0.15) is 30.6 Å². The summed E-state index contributed by atoms with van der Waals surface area (Å²) in [4.78, 5) is 1.46. The Morgan fingerprint density at radius 1 is 1.35 bits per heavy atom. The van der Waals surface area contributed by atoms with Gasteiger partial charge in [-0.15, -0.1) is 11.3 Å². The van der Waals surface area contributed by atoms with Crippen LogP contribution in [0.2, 0.25) is 0 Å². The Morgan fingerprint density at radius 2 is 2.10 bits per heavy atom. The van der Waals surface area contributed by atoms with Crippen LogP contribution in [0, 0.1) is 0 Å². The van der Waals surface area contributed by atoms with Crippen LogP contribution in [0.5, 0.6) is 0 Å². The summed E-state index contributed by atoms with van der Waals surface area (Å²) in [5, 5.41) is 5.11. The Hall–Kier alpha value is -0.470. The molecule has 2 fully saturated rings. The normalized spacial score (nSPS) is 26.4. The van der Waals surface area contributed by atoms with Crippen molar-refractivity contribution < 1.29 is 13.2 Å². The van der Waals surface area contributed by atoms with Gasteiger partial charge in [0.1, 0.15) is 0 Å². The van der Waals surface area contributed by atoms with Crippen LogP contribution < -0.4 is 10.0 Å². The largest absolute Gasteiger partial charge is 0.381 e. The minimum Gasteiger partial charge on any atom is -0.381 e. The lowest BCUT2D eigenvalue weighted by molar-refractivity contribution is 0.0236. The average Bonchev–Trinajstić information content (AvgIpc) is 3.07. The summed E-state index contributed by atoms with van der Waals surface area (Å²) in [7, 11) is -1.72. The lowest BCUT2D eigenvalue weighted by Gasteiger charge is -2.34. The molecule has 7 heteroatoms. The van der Waals surface area contributed by atoms with Gasteiger partial charge >= 0.3 is 0 Å². The molecule has 2 N–H and O–H groups in total. The van der Waals surface area contributed by atoms with E-state index in [0.29, 0.717) is 10.9 Å². The molecule has 5 nitrogen and oxygen atoms in total. The predicted octanol–water partition coefficient (Wildman–Crippen LogP) is 1.46. The fourth-order valence-corrected chi connectivity index (χ4v) is 4.76. The molecule has 112 valence electrons. The zero-order valence-corrected chi connectivity index (χ0v) is 13.1. The standard InChI is InChI=1S/C13H20N2O3S2/c1-18-11-4-10(5-11)15-20(16,17)13-6-12(19-8-13)7-14-9-2-3-9/h6,8-11,14-15H,2-5,7H2,1H3. The number of hydrogen-bond acceptors (Lipinski definition) is 5. The monoisotopic (exact) mass is 316 g/mol.